The van der Waals surface area contributed by atoms with E-state index in [0.717, 1.165) is 25.3 Å². The van der Waals surface area contributed by atoms with E-state index in [1.54, 1.807) is 0 Å². The lowest BCUT2D eigenvalue weighted by molar-refractivity contribution is -0.385. The van der Waals surface area contributed by atoms with Crippen LogP contribution in [0.4, 0.5) is 10.1 Å². The number of hydrogen-bond acceptors (Lipinski definition) is 5. The van der Waals surface area contributed by atoms with Crippen molar-refractivity contribution in [3.05, 3.63) is 39.7 Å². The highest BCUT2D eigenvalue weighted by Crippen LogP contribution is 2.21. The molecule has 1 atom stereocenters. The number of nitro benzene ring substituents is 1. The first kappa shape index (κ1) is 13.0. The molecule has 0 fully saturated rings. The molecular formula is C10H10FNO5. The van der Waals surface area contributed by atoms with Gasteiger partial charge in [-0.15, -0.1) is 0 Å². The third kappa shape index (κ3) is 3.22. The summed E-state index contributed by atoms with van der Waals surface area (Å²) >= 11 is 0. The molecule has 0 saturated carbocycles. The summed E-state index contributed by atoms with van der Waals surface area (Å²) in [4.78, 5) is 20.9. The van der Waals surface area contributed by atoms with Gasteiger partial charge in [0.25, 0.3) is 5.69 Å². The Morgan fingerprint density at radius 1 is 1.65 bits per heavy atom. The van der Waals surface area contributed by atoms with E-state index in [2.05, 4.69) is 4.74 Å². The topological polar surface area (TPSA) is 89.7 Å². The lowest BCUT2D eigenvalue weighted by Gasteiger charge is -2.08. The minimum absolute atomic E-state index is 0.0621. The maximum absolute atomic E-state index is 12.9. The first-order valence-electron chi connectivity index (χ1n) is 4.64. The number of benzene rings is 1. The van der Waals surface area contributed by atoms with Crippen LogP contribution in [0.3, 0.4) is 0 Å². The molecule has 0 saturated heterocycles. The van der Waals surface area contributed by atoms with Gasteiger partial charge < -0.3 is 9.84 Å². The minimum Gasteiger partial charge on any atom is -0.467 e. The summed E-state index contributed by atoms with van der Waals surface area (Å²) in [6, 6.07) is 2.82. The summed E-state index contributed by atoms with van der Waals surface area (Å²) < 4.78 is 17.2. The largest absolute Gasteiger partial charge is 0.467 e. The van der Waals surface area contributed by atoms with Crippen LogP contribution in [0.5, 0.6) is 0 Å². The number of methoxy groups -OCH3 is 1. The lowest BCUT2D eigenvalue weighted by Crippen LogP contribution is -2.24. The van der Waals surface area contributed by atoms with Crippen LogP contribution in [0, 0.1) is 15.9 Å². The van der Waals surface area contributed by atoms with E-state index in [9.17, 15) is 24.4 Å². The van der Waals surface area contributed by atoms with Gasteiger partial charge in [-0.05, 0) is 12.1 Å². The Bertz CT molecular complexity index is 448. The van der Waals surface area contributed by atoms with E-state index < -0.39 is 22.8 Å². The zero-order chi connectivity index (χ0) is 13.0. The van der Waals surface area contributed by atoms with Crippen LogP contribution in [0.2, 0.25) is 0 Å². The zero-order valence-electron chi connectivity index (χ0n) is 8.92. The molecule has 6 nitrogen and oxygen atoms in total. The number of nitro groups is 1. The quantitative estimate of drug-likeness (QED) is 0.480. The van der Waals surface area contributed by atoms with Crippen molar-refractivity contribution in [3.8, 4) is 0 Å². The molecule has 0 bridgehead atoms. The highest BCUT2D eigenvalue weighted by molar-refractivity contribution is 5.74. The van der Waals surface area contributed by atoms with Crippen LogP contribution < -0.4 is 0 Å². The Balaban J connectivity index is 3.00. The molecule has 7 heteroatoms. The number of nitrogens with zero attached hydrogens (tertiary/aromatic N) is 1. The molecule has 17 heavy (non-hydrogen) atoms. The van der Waals surface area contributed by atoms with Crippen LogP contribution >= 0.6 is 0 Å². The Morgan fingerprint density at radius 3 is 2.82 bits per heavy atom. The molecule has 0 amide bonds. The monoisotopic (exact) mass is 243 g/mol. The fourth-order valence-electron chi connectivity index (χ4n) is 1.32. The number of carbonyl (C=O) groups excluding carboxylic acids is 1. The highest BCUT2D eigenvalue weighted by atomic mass is 19.1. The molecule has 0 aliphatic rings. The number of aliphatic hydroxyl groups is 1. The molecule has 1 rings (SSSR count). The van der Waals surface area contributed by atoms with Crippen LogP contribution in [0.1, 0.15) is 5.56 Å². The minimum atomic E-state index is -1.56. The van der Waals surface area contributed by atoms with E-state index in [1.807, 2.05) is 0 Å². The Labute approximate surface area is 95.8 Å². The van der Waals surface area contributed by atoms with Crippen molar-refractivity contribution >= 4 is 11.7 Å². The van der Waals surface area contributed by atoms with Gasteiger partial charge in [0, 0.05) is 18.1 Å². The van der Waals surface area contributed by atoms with Gasteiger partial charge in [-0.2, -0.15) is 0 Å². The average molecular weight is 243 g/mol. The van der Waals surface area contributed by atoms with E-state index in [-0.39, 0.29) is 17.7 Å². The normalized spacial score (nSPS) is 11.9. The van der Waals surface area contributed by atoms with Gasteiger partial charge in [0.05, 0.1) is 12.0 Å². The van der Waals surface area contributed by atoms with E-state index in [1.165, 1.54) is 0 Å². The fraction of sp³-hybridized carbons (Fsp3) is 0.300. The molecule has 0 aliphatic carbocycles. The number of rotatable bonds is 4. The Kier molecular flexibility index (Phi) is 4.11. The lowest BCUT2D eigenvalue weighted by atomic mass is 10.1. The van der Waals surface area contributed by atoms with Crippen molar-refractivity contribution < 1.29 is 24.0 Å². The first-order valence-corrected chi connectivity index (χ1v) is 4.64. The summed E-state index contributed by atoms with van der Waals surface area (Å²) in [7, 11) is 1.07. The predicted molar refractivity (Wildman–Crippen MR) is 54.8 cm³/mol. The average Bonchev–Trinajstić information content (AvgIpc) is 2.27. The van der Waals surface area contributed by atoms with Crippen molar-refractivity contribution in [1.29, 1.82) is 0 Å². The van der Waals surface area contributed by atoms with Crippen molar-refractivity contribution in [2.45, 2.75) is 12.5 Å². The van der Waals surface area contributed by atoms with Gasteiger partial charge in [-0.25, -0.2) is 9.18 Å². The number of hydrogen-bond donors (Lipinski definition) is 1. The van der Waals surface area contributed by atoms with Crippen LogP contribution in [0.15, 0.2) is 18.2 Å². The van der Waals surface area contributed by atoms with Crippen LogP contribution in [-0.4, -0.2) is 29.2 Å². The number of esters is 1. The van der Waals surface area contributed by atoms with Gasteiger partial charge in [0.1, 0.15) is 5.82 Å². The van der Waals surface area contributed by atoms with Crippen molar-refractivity contribution in [2.75, 3.05) is 7.11 Å². The third-order valence-corrected chi connectivity index (χ3v) is 2.12. The summed E-state index contributed by atoms with van der Waals surface area (Å²) in [5.74, 6) is -1.61. The van der Waals surface area contributed by atoms with E-state index in [4.69, 9.17) is 0 Å². The molecule has 92 valence electrons. The SMILES string of the molecule is COC(=O)C(O)Cc1cc(F)ccc1[N+](=O)[O-]. The fourth-order valence-corrected chi connectivity index (χ4v) is 1.32. The molecule has 1 N–H and O–H groups in total. The predicted octanol–water partition coefficient (Wildman–Crippen LogP) is 0.810. The smallest absolute Gasteiger partial charge is 0.335 e. The number of carbonyl (C=O) groups is 1. The van der Waals surface area contributed by atoms with Gasteiger partial charge in [-0.3, -0.25) is 10.1 Å². The highest BCUT2D eigenvalue weighted by Gasteiger charge is 2.22. The van der Waals surface area contributed by atoms with Crippen LogP contribution in [-0.2, 0) is 16.0 Å². The van der Waals surface area contributed by atoms with E-state index in [0.29, 0.717) is 0 Å². The summed E-state index contributed by atoms with van der Waals surface area (Å²) in [5, 5.41) is 20.0. The molecule has 0 spiro atoms. The first-order chi connectivity index (χ1) is 7.95. The second kappa shape index (κ2) is 5.35. The van der Waals surface area contributed by atoms with Gasteiger partial charge in [0.2, 0.25) is 0 Å². The maximum atomic E-state index is 12.9. The van der Waals surface area contributed by atoms with Crippen molar-refractivity contribution in [2.24, 2.45) is 0 Å². The number of halogens is 1. The summed E-state index contributed by atoms with van der Waals surface area (Å²) in [5.41, 5.74) is -0.415. The second-order valence-corrected chi connectivity index (χ2v) is 3.27. The Morgan fingerprint density at radius 2 is 2.29 bits per heavy atom. The van der Waals surface area contributed by atoms with Gasteiger partial charge in [-0.1, -0.05) is 0 Å². The number of aliphatic hydroxyl groups excluding tert-OH is 1. The third-order valence-electron chi connectivity index (χ3n) is 2.12. The summed E-state index contributed by atoms with van der Waals surface area (Å²) in [6.07, 6.45) is -1.93. The standard InChI is InChI=1S/C10H10FNO5/c1-17-10(14)9(13)5-6-4-7(11)2-3-8(6)12(15)16/h2-4,9,13H,5H2,1H3. The summed E-state index contributed by atoms with van der Waals surface area (Å²) in [6.45, 7) is 0. The second-order valence-electron chi connectivity index (χ2n) is 3.27. The van der Waals surface area contributed by atoms with Gasteiger partial charge in [0.15, 0.2) is 6.10 Å². The molecule has 0 heterocycles. The molecule has 0 aromatic heterocycles. The van der Waals surface area contributed by atoms with Gasteiger partial charge >= 0.3 is 5.97 Å². The molecule has 1 aromatic carbocycles. The molecular weight excluding hydrogens is 233 g/mol. The molecule has 1 unspecified atom stereocenters. The maximum Gasteiger partial charge on any atom is 0.335 e. The molecule has 0 radical (unpaired) electrons. The Hall–Kier alpha value is -2.02. The zero-order valence-corrected chi connectivity index (χ0v) is 8.92. The van der Waals surface area contributed by atoms with Crippen molar-refractivity contribution in [1.82, 2.24) is 0 Å². The van der Waals surface area contributed by atoms with E-state index >= 15 is 0 Å². The van der Waals surface area contributed by atoms with Crippen molar-refractivity contribution in [3.63, 3.8) is 0 Å². The number of ether oxygens (including phenoxy) is 1. The molecule has 1 aromatic rings. The molecule has 0 aliphatic heterocycles. The van der Waals surface area contributed by atoms with Crippen LogP contribution in [0.25, 0.3) is 0 Å².